The SMILES string of the molecule is CCNC(=NCc1ccccc1CN1CCCCC1)N1CCN(Cc2ccon2)CC1. The number of guanidine groups is 1. The van der Waals surface area contributed by atoms with E-state index >= 15 is 0 Å². The lowest BCUT2D eigenvalue weighted by Crippen LogP contribution is -2.52. The van der Waals surface area contributed by atoms with E-state index in [4.69, 9.17) is 9.52 Å². The van der Waals surface area contributed by atoms with Crippen LogP contribution in [0.15, 0.2) is 46.1 Å². The molecular formula is C24H36N6O. The minimum atomic E-state index is 0.728. The van der Waals surface area contributed by atoms with E-state index in [0.29, 0.717) is 0 Å². The van der Waals surface area contributed by atoms with Crippen LogP contribution in [0.1, 0.15) is 43.0 Å². The molecule has 2 aliphatic heterocycles. The largest absolute Gasteiger partial charge is 0.364 e. The Kier molecular flexibility index (Phi) is 7.96. The number of rotatable bonds is 7. The van der Waals surface area contributed by atoms with Gasteiger partial charge in [0.05, 0.1) is 12.2 Å². The highest BCUT2D eigenvalue weighted by Gasteiger charge is 2.20. The number of nitrogens with one attached hydrogen (secondary N) is 1. The molecule has 0 bridgehead atoms. The first-order chi connectivity index (χ1) is 15.3. The van der Waals surface area contributed by atoms with Gasteiger partial charge in [-0.05, 0) is 44.0 Å². The van der Waals surface area contributed by atoms with Crippen LogP contribution >= 0.6 is 0 Å². The van der Waals surface area contributed by atoms with Crippen molar-refractivity contribution < 1.29 is 4.52 Å². The van der Waals surface area contributed by atoms with E-state index in [1.54, 1.807) is 6.26 Å². The van der Waals surface area contributed by atoms with Gasteiger partial charge in [-0.2, -0.15) is 0 Å². The van der Waals surface area contributed by atoms with Crippen LogP contribution in [0.5, 0.6) is 0 Å². The first kappa shape index (κ1) is 21.8. The molecule has 7 nitrogen and oxygen atoms in total. The molecule has 1 N–H and O–H groups in total. The van der Waals surface area contributed by atoms with Gasteiger partial charge in [0.25, 0.3) is 0 Å². The molecule has 168 valence electrons. The van der Waals surface area contributed by atoms with Crippen molar-refractivity contribution in [2.45, 2.75) is 45.8 Å². The maximum atomic E-state index is 5.03. The van der Waals surface area contributed by atoms with Crippen LogP contribution in [-0.2, 0) is 19.6 Å². The zero-order valence-corrected chi connectivity index (χ0v) is 18.8. The number of hydrogen-bond acceptors (Lipinski definition) is 5. The van der Waals surface area contributed by atoms with E-state index in [2.05, 4.69) is 56.4 Å². The number of hydrogen-bond donors (Lipinski definition) is 1. The molecule has 4 rings (SSSR count). The Morgan fingerprint density at radius 3 is 2.39 bits per heavy atom. The van der Waals surface area contributed by atoms with E-state index in [9.17, 15) is 0 Å². The van der Waals surface area contributed by atoms with Crippen LogP contribution < -0.4 is 5.32 Å². The molecule has 3 heterocycles. The summed E-state index contributed by atoms with van der Waals surface area (Å²) in [6.45, 7) is 12.0. The molecule has 0 spiro atoms. The molecule has 7 heteroatoms. The summed E-state index contributed by atoms with van der Waals surface area (Å²) in [6, 6.07) is 10.8. The first-order valence-corrected chi connectivity index (χ1v) is 11.8. The van der Waals surface area contributed by atoms with Gasteiger partial charge in [-0.25, -0.2) is 4.99 Å². The first-order valence-electron chi connectivity index (χ1n) is 11.8. The number of piperazine rings is 1. The van der Waals surface area contributed by atoms with Crippen molar-refractivity contribution in [3.05, 3.63) is 53.4 Å². The fraction of sp³-hybridized carbons (Fsp3) is 0.583. The smallest absolute Gasteiger partial charge is 0.194 e. The summed E-state index contributed by atoms with van der Waals surface area (Å²) in [4.78, 5) is 12.4. The van der Waals surface area contributed by atoms with Crippen molar-refractivity contribution >= 4 is 5.96 Å². The number of aromatic nitrogens is 1. The lowest BCUT2D eigenvalue weighted by Gasteiger charge is -2.36. The van der Waals surface area contributed by atoms with Gasteiger partial charge in [-0.1, -0.05) is 35.8 Å². The standard InChI is InChI=1S/C24H36N6O/c1-2-25-24(30-15-13-29(14-16-30)20-23-10-17-31-27-23)26-18-21-8-4-5-9-22(21)19-28-11-6-3-7-12-28/h4-5,8-10,17H,2-3,6-7,11-16,18-20H2,1H3,(H,25,26). The van der Waals surface area contributed by atoms with Gasteiger partial charge in [0.2, 0.25) is 0 Å². The van der Waals surface area contributed by atoms with Crippen LogP contribution in [0, 0.1) is 0 Å². The molecule has 2 saturated heterocycles. The molecule has 1 aromatic heterocycles. The van der Waals surface area contributed by atoms with E-state index in [1.165, 1.54) is 43.5 Å². The predicted octanol–water partition coefficient (Wildman–Crippen LogP) is 2.94. The molecule has 0 atom stereocenters. The fourth-order valence-electron chi connectivity index (χ4n) is 4.48. The quantitative estimate of drug-likeness (QED) is 0.545. The second-order valence-corrected chi connectivity index (χ2v) is 8.53. The third kappa shape index (κ3) is 6.31. The Bertz CT molecular complexity index is 807. The van der Waals surface area contributed by atoms with Gasteiger partial charge in [0, 0.05) is 51.9 Å². The predicted molar refractivity (Wildman–Crippen MR) is 124 cm³/mol. The van der Waals surface area contributed by atoms with E-state index in [0.717, 1.165) is 64.0 Å². The van der Waals surface area contributed by atoms with Crippen molar-refractivity contribution in [1.29, 1.82) is 0 Å². The highest BCUT2D eigenvalue weighted by Crippen LogP contribution is 2.17. The summed E-state index contributed by atoms with van der Waals surface area (Å²) in [5.74, 6) is 1.02. The average molecular weight is 425 g/mol. The van der Waals surface area contributed by atoms with Crippen molar-refractivity contribution in [3.63, 3.8) is 0 Å². The Morgan fingerprint density at radius 2 is 1.68 bits per heavy atom. The highest BCUT2D eigenvalue weighted by atomic mass is 16.5. The number of benzene rings is 1. The topological polar surface area (TPSA) is 60.1 Å². The monoisotopic (exact) mass is 424 g/mol. The number of piperidine rings is 1. The minimum Gasteiger partial charge on any atom is -0.364 e. The summed E-state index contributed by atoms with van der Waals surface area (Å²) < 4.78 is 4.96. The van der Waals surface area contributed by atoms with Crippen LogP contribution in [-0.4, -0.2) is 71.6 Å². The molecule has 0 aliphatic carbocycles. The molecule has 0 saturated carbocycles. The third-order valence-electron chi connectivity index (χ3n) is 6.24. The van der Waals surface area contributed by atoms with Gasteiger partial charge < -0.3 is 14.7 Å². The Labute approximate surface area is 186 Å². The molecule has 2 aromatic rings. The third-order valence-corrected chi connectivity index (χ3v) is 6.24. The van der Waals surface area contributed by atoms with Crippen molar-refractivity contribution in [1.82, 2.24) is 25.2 Å². The van der Waals surface area contributed by atoms with E-state index in [1.807, 2.05) is 6.07 Å². The Balaban J connectivity index is 1.36. The molecule has 0 radical (unpaired) electrons. The van der Waals surface area contributed by atoms with Gasteiger partial charge in [0.15, 0.2) is 5.96 Å². The zero-order valence-electron chi connectivity index (χ0n) is 18.8. The van der Waals surface area contributed by atoms with Gasteiger partial charge >= 0.3 is 0 Å². The molecule has 1 aromatic carbocycles. The molecule has 2 fully saturated rings. The molecule has 31 heavy (non-hydrogen) atoms. The summed E-state index contributed by atoms with van der Waals surface area (Å²) in [6.07, 6.45) is 5.67. The number of nitrogens with zero attached hydrogens (tertiary/aromatic N) is 5. The van der Waals surface area contributed by atoms with Crippen LogP contribution in [0.25, 0.3) is 0 Å². The summed E-state index contributed by atoms with van der Waals surface area (Å²) >= 11 is 0. The van der Waals surface area contributed by atoms with Crippen LogP contribution in [0.4, 0.5) is 0 Å². The minimum absolute atomic E-state index is 0.728. The van der Waals surface area contributed by atoms with E-state index in [-0.39, 0.29) is 0 Å². The average Bonchev–Trinajstić information content (AvgIpc) is 3.32. The van der Waals surface area contributed by atoms with Gasteiger partial charge in [-0.15, -0.1) is 0 Å². The highest BCUT2D eigenvalue weighted by molar-refractivity contribution is 5.80. The summed E-state index contributed by atoms with van der Waals surface area (Å²) in [5, 5.41) is 7.54. The lowest BCUT2D eigenvalue weighted by atomic mass is 10.1. The van der Waals surface area contributed by atoms with Crippen molar-refractivity contribution in [2.75, 3.05) is 45.8 Å². The Morgan fingerprint density at radius 1 is 0.935 bits per heavy atom. The summed E-state index contributed by atoms with van der Waals surface area (Å²) in [7, 11) is 0. The summed E-state index contributed by atoms with van der Waals surface area (Å²) in [5.41, 5.74) is 3.76. The van der Waals surface area contributed by atoms with Crippen molar-refractivity contribution in [2.24, 2.45) is 4.99 Å². The van der Waals surface area contributed by atoms with Crippen LogP contribution in [0.2, 0.25) is 0 Å². The molecule has 0 unspecified atom stereocenters. The van der Waals surface area contributed by atoms with Crippen molar-refractivity contribution in [3.8, 4) is 0 Å². The van der Waals surface area contributed by atoms with E-state index < -0.39 is 0 Å². The Hall–Kier alpha value is -2.38. The second-order valence-electron chi connectivity index (χ2n) is 8.53. The van der Waals surface area contributed by atoms with Gasteiger partial charge in [-0.3, -0.25) is 9.80 Å². The normalized spacial score (nSPS) is 19.0. The number of aliphatic imine (C=N–C) groups is 1. The maximum absolute atomic E-state index is 5.03. The zero-order chi connectivity index (χ0) is 21.3. The second kappa shape index (κ2) is 11.3. The molecular weight excluding hydrogens is 388 g/mol. The molecule has 2 aliphatic rings. The molecule has 0 amide bonds. The van der Waals surface area contributed by atoms with Gasteiger partial charge in [0.1, 0.15) is 6.26 Å². The maximum Gasteiger partial charge on any atom is 0.194 e. The van der Waals surface area contributed by atoms with Crippen LogP contribution in [0.3, 0.4) is 0 Å². The fourth-order valence-corrected chi connectivity index (χ4v) is 4.48. The lowest BCUT2D eigenvalue weighted by molar-refractivity contribution is 0.169. The number of likely N-dealkylation sites (tertiary alicyclic amines) is 1.